The van der Waals surface area contributed by atoms with Crippen molar-refractivity contribution in [3.8, 4) is 0 Å². The van der Waals surface area contributed by atoms with E-state index in [2.05, 4.69) is 0 Å². The van der Waals surface area contributed by atoms with Crippen LogP contribution >= 0.6 is 0 Å². The highest BCUT2D eigenvalue weighted by atomic mass is 19.1. The van der Waals surface area contributed by atoms with Gasteiger partial charge in [-0.3, -0.25) is 0 Å². The molecule has 0 fully saturated rings. The summed E-state index contributed by atoms with van der Waals surface area (Å²) in [5, 5.41) is 9.79. The molecule has 0 aliphatic rings. The summed E-state index contributed by atoms with van der Waals surface area (Å²) in [5.41, 5.74) is 1.02. The molecular weight excluding hydrogens is 260 g/mol. The number of nitrogens with zero attached hydrogens (tertiary/aromatic N) is 1. The van der Waals surface area contributed by atoms with Gasteiger partial charge in [-0.2, -0.15) is 0 Å². The first kappa shape index (κ1) is 14.5. The van der Waals surface area contributed by atoms with Crippen LogP contribution in [0.4, 0.5) is 20.2 Å². The molecule has 2 aromatic rings. The van der Waals surface area contributed by atoms with Crippen molar-refractivity contribution in [2.45, 2.75) is 20.0 Å². The molecule has 0 bridgehead atoms. The molecule has 4 heteroatoms. The Morgan fingerprint density at radius 1 is 1.00 bits per heavy atom. The molecule has 0 amide bonds. The summed E-state index contributed by atoms with van der Waals surface area (Å²) in [7, 11) is 0. The van der Waals surface area contributed by atoms with Gasteiger partial charge in [0.1, 0.15) is 11.6 Å². The van der Waals surface area contributed by atoms with Gasteiger partial charge in [-0.1, -0.05) is 18.2 Å². The van der Waals surface area contributed by atoms with Crippen LogP contribution in [-0.4, -0.2) is 11.7 Å². The molecule has 106 valence electrons. The number of hydrogen-bond acceptors (Lipinski definition) is 2. The highest BCUT2D eigenvalue weighted by Gasteiger charge is 2.20. The number of rotatable bonds is 4. The molecule has 0 radical (unpaired) electrons. The van der Waals surface area contributed by atoms with Crippen LogP contribution in [0.25, 0.3) is 0 Å². The highest BCUT2D eigenvalue weighted by Crippen LogP contribution is 2.34. The van der Waals surface area contributed by atoms with Gasteiger partial charge in [0.25, 0.3) is 0 Å². The Morgan fingerprint density at radius 2 is 1.60 bits per heavy atom. The second-order valence-electron chi connectivity index (χ2n) is 4.54. The standard InChI is InChI=1S/C16H17F2NO/c1-3-19(14-9-5-4-7-12(14)17)15-10-6-8-13(18)16(15)11(2)20/h4-11,20H,3H2,1-2H3/t11-/m1/s1. The average molecular weight is 277 g/mol. The molecule has 1 atom stereocenters. The molecule has 20 heavy (non-hydrogen) atoms. The first-order valence-electron chi connectivity index (χ1n) is 6.54. The molecule has 2 aromatic carbocycles. The maximum Gasteiger partial charge on any atom is 0.146 e. The van der Waals surface area contributed by atoms with Crippen molar-refractivity contribution < 1.29 is 13.9 Å². The van der Waals surface area contributed by atoms with E-state index in [-0.39, 0.29) is 11.4 Å². The number of hydrogen-bond donors (Lipinski definition) is 1. The highest BCUT2D eigenvalue weighted by molar-refractivity contribution is 5.67. The average Bonchev–Trinajstić information content (AvgIpc) is 2.41. The first-order valence-corrected chi connectivity index (χ1v) is 6.54. The number of halogens is 2. The van der Waals surface area contributed by atoms with Gasteiger partial charge in [0.2, 0.25) is 0 Å². The number of aliphatic hydroxyl groups excluding tert-OH is 1. The van der Waals surface area contributed by atoms with Crippen molar-refractivity contribution >= 4 is 11.4 Å². The first-order chi connectivity index (χ1) is 9.56. The molecule has 0 aliphatic carbocycles. The molecule has 0 spiro atoms. The lowest BCUT2D eigenvalue weighted by molar-refractivity contribution is 0.194. The molecule has 1 N–H and O–H groups in total. The van der Waals surface area contributed by atoms with E-state index >= 15 is 0 Å². The summed E-state index contributed by atoms with van der Waals surface area (Å²) in [4.78, 5) is 1.65. The Labute approximate surface area is 117 Å². The molecule has 0 unspecified atom stereocenters. The third-order valence-electron chi connectivity index (χ3n) is 3.20. The fourth-order valence-electron chi connectivity index (χ4n) is 2.32. The van der Waals surface area contributed by atoms with Gasteiger partial charge in [0.05, 0.1) is 11.8 Å². The monoisotopic (exact) mass is 277 g/mol. The third-order valence-corrected chi connectivity index (χ3v) is 3.20. The van der Waals surface area contributed by atoms with Crippen LogP contribution < -0.4 is 4.90 Å². The number of para-hydroxylation sites is 1. The van der Waals surface area contributed by atoms with Crippen LogP contribution in [0, 0.1) is 11.6 Å². The van der Waals surface area contributed by atoms with Gasteiger partial charge in [-0.25, -0.2) is 8.78 Å². The van der Waals surface area contributed by atoms with E-state index in [4.69, 9.17) is 0 Å². The minimum atomic E-state index is -0.966. The van der Waals surface area contributed by atoms with Crippen LogP contribution in [0.15, 0.2) is 42.5 Å². The Kier molecular flexibility index (Phi) is 4.35. The quantitative estimate of drug-likeness (QED) is 0.906. The third kappa shape index (κ3) is 2.65. The SMILES string of the molecule is CCN(c1ccccc1F)c1cccc(F)c1[C@@H](C)O. The van der Waals surface area contributed by atoms with Gasteiger partial charge >= 0.3 is 0 Å². The molecule has 2 nitrogen and oxygen atoms in total. The van der Waals surface area contributed by atoms with E-state index in [1.165, 1.54) is 19.1 Å². The van der Waals surface area contributed by atoms with Crippen molar-refractivity contribution in [2.75, 3.05) is 11.4 Å². The lowest BCUT2D eigenvalue weighted by Crippen LogP contribution is -2.20. The Morgan fingerprint density at radius 3 is 2.20 bits per heavy atom. The van der Waals surface area contributed by atoms with Crippen LogP contribution in [0.3, 0.4) is 0 Å². The Bertz CT molecular complexity index is 599. The van der Waals surface area contributed by atoms with Crippen LogP contribution in [0.2, 0.25) is 0 Å². The summed E-state index contributed by atoms with van der Waals surface area (Å²) >= 11 is 0. The van der Waals surface area contributed by atoms with Gasteiger partial charge < -0.3 is 10.0 Å². The molecule has 2 rings (SSSR count). The van der Waals surface area contributed by atoms with Crippen molar-refractivity contribution in [1.29, 1.82) is 0 Å². The summed E-state index contributed by atoms with van der Waals surface area (Å²) in [6.45, 7) is 3.81. The molecule has 0 saturated carbocycles. The smallest absolute Gasteiger partial charge is 0.146 e. The molecule has 0 heterocycles. The normalized spacial score (nSPS) is 12.2. The topological polar surface area (TPSA) is 23.5 Å². The molecule has 0 saturated heterocycles. The minimum absolute atomic E-state index is 0.178. The maximum absolute atomic E-state index is 13.9. The van der Waals surface area contributed by atoms with Gasteiger partial charge in [0, 0.05) is 17.8 Å². The predicted molar refractivity (Wildman–Crippen MR) is 76.1 cm³/mol. The van der Waals surface area contributed by atoms with E-state index in [1.807, 2.05) is 6.92 Å². The van der Waals surface area contributed by atoms with Crippen molar-refractivity contribution in [3.05, 3.63) is 59.7 Å². The van der Waals surface area contributed by atoms with Crippen LogP contribution in [0.1, 0.15) is 25.5 Å². The van der Waals surface area contributed by atoms with Gasteiger partial charge in [-0.05, 0) is 38.1 Å². The van der Waals surface area contributed by atoms with Crippen molar-refractivity contribution in [2.24, 2.45) is 0 Å². The lowest BCUT2D eigenvalue weighted by atomic mass is 10.1. The zero-order valence-electron chi connectivity index (χ0n) is 11.5. The van der Waals surface area contributed by atoms with E-state index in [9.17, 15) is 13.9 Å². The van der Waals surface area contributed by atoms with E-state index in [0.29, 0.717) is 17.9 Å². The zero-order valence-corrected chi connectivity index (χ0v) is 11.5. The maximum atomic E-state index is 13.9. The van der Waals surface area contributed by atoms with Gasteiger partial charge in [-0.15, -0.1) is 0 Å². The summed E-state index contributed by atoms with van der Waals surface area (Å²) in [6, 6.07) is 10.9. The van der Waals surface area contributed by atoms with Crippen LogP contribution in [-0.2, 0) is 0 Å². The summed E-state index contributed by atoms with van der Waals surface area (Å²) < 4.78 is 27.9. The molecular formula is C16H17F2NO. The van der Waals surface area contributed by atoms with E-state index in [0.717, 1.165) is 0 Å². The Balaban J connectivity index is 2.59. The molecule has 0 aliphatic heterocycles. The van der Waals surface area contributed by atoms with E-state index in [1.54, 1.807) is 35.2 Å². The number of anilines is 2. The van der Waals surface area contributed by atoms with E-state index < -0.39 is 11.9 Å². The minimum Gasteiger partial charge on any atom is -0.389 e. The fourth-order valence-corrected chi connectivity index (χ4v) is 2.32. The number of aliphatic hydroxyl groups is 1. The summed E-state index contributed by atoms with van der Waals surface area (Å²) in [5.74, 6) is -0.873. The fraction of sp³-hybridized carbons (Fsp3) is 0.250. The number of benzene rings is 2. The molecule has 0 aromatic heterocycles. The van der Waals surface area contributed by atoms with Gasteiger partial charge in [0.15, 0.2) is 0 Å². The zero-order chi connectivity index (χ0) is 14.7. The lowest BCUT2D eigenvalue weighted by Gasteiger charge is -2.27. The second-order valence-corrected chi connectivity index (χ2v) is 4.54. The second kappa shape index (κ2) is 6.01. The van der Waals surface area contributed by atoms with Crippen LogP contribution in [0.5, 0.6) is 0 Å². The Hall–Kier alpha value is -1.94. The summed E-state index contributed by atoms with van der Waals surface area (Å²) in [6.07, 6.45) is -0.966. The van der Waals surface area contributed by atoms with Crippen molar-refractivity contribution in [1.82, 2.24) is 0 Å². The predicted octanol–water partition coefficient (Wildman–Crippen LogP) is 4.18. The van der Waals surface area contributed by atoms with Crippen molar-refractivity contribution in [3.63, 3.8) is 0 Å². The largest absolute Gasteiger partial charge is 0.389 e.